The van der Waals surface area contributed by atoms with Crippen LogP contribution in [0.25, 0.3) is 22.5 Å². The van der Waals surface area contributed by atoms with Crippen molar-refractivity contribution in [2.45, 2.75) is 90.6 Å². The van der Waals surface area contributed by atoms with Gasteiger partial charge in [0.2, 0.25) is 0 Å². The van der Waals surface area contributed by atoms with Crippen molar-refractivity contribution in [2.24, 2.45) is 0 Å². The monoisotopic (exact) mass is 532 g/mol. The average Bonchev–Trinajstić information content (AvgIpc) is 2.96. The molecule has 0 saturated carbocycles. The first kappa shape index (κ1) is 30.3. The van der Waals surface area contributed by atoms with Gasteiger partial charge in [-0.2, -0.15) is 0 Å². The normalized spacial score (nSPS) is 12.9. The largest absolute Gasteiger partial charge is 0.494 e. The third-order valence-electron chi connectivity index (χ3n) is 6.72. The lowest BCUT2D eigenvalue weighted by Gasteiger charge is -2.20. The van der Waals surface area contributed by atoms with Crippen LogP contribution in [0.3, 0.4) is 0 Å². The molecule has 1 atom stereocenters. The van der Waals surface area contributed by atoms with E-state index in [-0.39, 0.29) is 6.61 Å². The SMILES string of the molecule is CCCCC/C=C\CCCOc1ccc(-c2ncc(-c3ccc(OC[C@@](C)(F)CCCCC)cc3)cn2)cc1. The lowest BCUT2D eigenvalue weighted by molar-refractivity contribution is 0.0907. The lowest BCUT2D eigenvalue weighted by atomic mass is 10.0. The van der Waals surface area contributed by atoms with E-state index in [0.29, 0.717) is 24.6 Å². The summed E-state index contributed by atoms with van der Waals surface area (Å²) in [6.45, 7) is 6.74. The van der Waals surface area contributed by atoms with E-state index in [4.69, 9.17) is 9.47 Å². The summed E-state index contributed by atoms with van der Waals surface area (Å²) in [5.41, 5.74) is 1.53. The number of unbranched alkanes of at least 4 members (excludes halogenated alkanes) is 6. The van der Waals surface area contributed by atoms with Crippen LogP contribution in [0.2, 0.25) is 0 Å². The van der Waals surface area contributed by atoms with Crippen LogP contribution in [0.1, 0.15) is 85.0 Å². The molecule has 210 valence electrons. The zero-order valence-electron chi connectivity index (χ0n) is 24.0. The van der Waals surface area contributed by atoms with Gasteiger partial charge in [-0.25, -0.2) is 14.4 Å². The summed E-state index contributed by atoms with van der Waals surface area (Å²) >= 11 is 0. The summed E-state index contributed by atoms with van der Waals surface area (Å²) < 4.78 is 26.2. The molecule has 1 aromatic heterocycles. The molecule has 0 saturated heterocycles. The smallest absolute Gasteiger partial charge is 0.159 e. The minimum atomic E-state index is -1.31. The number of aromatic nitrogens is 2. The first-order valence-electron chi connectivity index (χ1n) is 14.6. The van der Waals surface area contributed by atoms with Crippen molar-refractivity contribution >= 4 is 0 Å². The zero-order valence-corrected chi connectivity index (χ0v) is 24.0. The summed E-state index contributed by atoms with van der Waals surface area (Å²) in [4.78, 5) is 9.13. The molecular formula is C34H45FN2O2. The Morgan fingerprint density at radius 1 is 0.692 bits per heavy atom. The van der Waals surface area contributed by atoms with Crippen LogP contribution >= 0.6 is 0 Å². The van der Waals surface area contributed by atoms with Gasteiger partial charge in [-0.3, -0.25) is 0 Å². The molecule has 0 radical (unpaired) electrons. The van der Waals surface area contributed by atoms with Gasteiger partial charge in [0.25, 0.3) is 0 Å². The Bertz CT molecular complexity index is 1090. The van der Waals surface area contributed by atoms with E-state index >= 15 is 0 Å². The Morgan fingerprint density at radius 2 is 1.26 bits per heavy atom. The number of ether oxygens (including phenoxy) is 2. The maximum Gasteiger partial charge on any atom is 0.159 e. The Balaban J connectivity index is 1.44. The summed E-state index contributed by atoms with van der Waals surface area (Å²) in [5, 5.41) is 0. The van der Waals surface area contributed by atoms with E-state index in [1.807, 2.05) is 60.9 Å². The van der Waals surface area contributed by atoms with Gasteiger partial charge in [0.1, 0.15) is 23.8 Å². The average molecular weight is 533 g/mol. The fourth-order valence-corrected chi connectivity index (χ4v) is 4.26. The maximum absolute atomic E-state index is 14.6. The van der Waals surface area contributed by atoms with Crippen molar-refractivity contribution in [3.8, 4) is 34.0 Å². The lowest BCUT2D eigenvalue weighted by Crippen LogP contribution is -2.27. The molecule has 3 aromatic rings. The number of hydrogen-bond donors (Lipinski definition) is 0. The Labute approximate surface area is 234 Å². The van der Waals surface area contributed by atoms with E-state index in [0.717, 1.165) is 54.5 Å². The van der Waals surface area contributed by atoms with Crippen molar-refractivity contribution in [2.75, 3.05) is 13.2 Å². The van der Waals surface area contributed by atoms with Crippen LogP contribution in [-0.4, -0.2) is 28.9 Å². The van der Waals surface area contributed by atoms with Gasteiger partial charge >= 0.3 is 0 Å². The van der Waals surface area contributed by atoms with Gasteiger partial charge in [0.15, 0.2) is 5.82 Å². The Morgan fingerprint density at radius 3 is 1.90 bits per heavy atom. The fraction of sp³-hybridized carbons (Fsp3) is 0.471. The molecule has 0 N–H and O–H groups in total. The summed E-state index contributed by atoms with van der Waals surface area (Å²) in [6, 6.07) is 15.6. The van der Waals surface area contributed by atoms with Crippen LogP contribution in [-0.2, 0) is 0 Å². The van der Waals surface area contributed by atoms with Crippen LogP contribution in [0.5, 0.6) is 11.5 Å². The number of nitrogens with zero attached hydrogens (tertiary/aromatic N) is 2. The number of alkyl halides is 1. The number of allylic oxidation sites excluding steroid dienone is 2. The number of hydrogen-bond acceptors (Lipinski definition) is 4. The summed E-state index contributed by atoms with van der Waals surface area (Å²) in [5.74, 6) is 2.19. The molecule has 0 amide bonds. The molecule has 1 heterocycles. The predicted molar refractivity (Wildman–Crippen MR) is 160 cm³/mol. The third-order valence-corrected chi connectivity index (χ3v) is 6.72. The molecule has 0 aliphatic heterocycles. The summed E-state index contributed by atoms with van der Waals surface area (Å²) in [6.07, 6.45) is 18.9. The van der Waals surface area contributed by atoms with Crippen LogP contribution in [0.4, 0.5) is 4.39 Å². The van der Waals surface area contributed by atoms with Crippen molar-refractivity contribution in [3.05, 3.63) is 73.1 Å². The van der Waals surface area contributed by atoms with Gasteiger partial charge in [-0.1, -0.05) is 70.2 Å². The molecule has 0 bridgehead atoms. The molecule has 0 aliphatic rings. The highest BCUT2D eigenvalue weighted by Gasteiger charge is 2.23. The number of benzene rings is 2. The van der Waals surface area contributed by atoms with Gasteiger partial charge in [-0.05, 0) is 81.0 Å². The van der Waals surface area contributed by atoms with Crippen LogP contribution < -0.4 is 9.47 Å². The van der Waals surface area contributed by atoms with E-state index in [2.05, 4.69) is 36.0 Å². The maximum atomic E-state index is 14.6. The zero-order chi connectivity index (χ0) is 27.8. The van der Waals surface area contributed by atoms with Crippen LogP contribution in [0.15, 0.2) is 73.1 Å². The van der Waals surface area contributed by atoms with Crippen molar-refractivity contribution in [3.63, 3.8) is 0 Å². The minimum Gasteiger partial charge on any atom is -0.494 e. The van der Waals surface area contributed by atoms with Crippen molar-refractivity contribution in [1.29, 1.82) is 0 Å². The van der Waals surface area contributed by atoms with Crippen molar-refractivity contribution < 1.29 is 13.9 Å². The first-order valence-corrected chi connectivity index (χ1v) is 14.6. The molecule has 2 aromatic carbocycles. The Kier molecular flexibility index (Phi) is 13.0. The van der Waals surface area contributed by atoms with Gasteiger partial charge < -0.3 is 9.47 Å². The highest BCUT2D eigenvalue weighted by molar-refractivity contribution is 5.64. The quantitative estimate of drug-likeness (QED) is 0.121. The third kappa shape index (κ3) is 11.2. The number of halogens is 1. The van der Waals surface area contributed by atoms with Gasteiger partial charge in [0.05, 0.1) is 6.61 Å². The fourth-order valence-electron chi connectivity index (χ4n) is 4.26. The van der Waals surface area contributed by atoms with E-state index in [1.165, 1.54) is 25.7 Å². The molecular weight excluding hydrogens is 487 g/mol. The molecule has 39 heavy (non-hydrogen) atoms. The molecule has 3 rings (SSSR count). The highest BCUT2D eigenvalue weighted by atomic mass is 19.1. The predicted octanol–water partition coefficient (Wildman–Crippen LogP) is 9.79. The second-order valence-corrected chi connectivity index (χ2v) is 10.5. The van der Waals surface area contributed by atoms with Gasteiger partial charge in [0, 0.05) is 23.5 Å². The topological polar surface area (TPSA) is 44.2 Å². The number of rotatable bonds is 18. The van der Waals surface area contributed by atoms with E-state index < -0.39 is 5.67 Å². The summed E-state index contributed by atoms with van der Waals surface area (Å²) in [7, 11) is 0. The minimum absolute atomic E-state index is 0.0637. The molecule has 0 aliphatic carbocycles. The Hall–Kier alpha value is -3.21. The highest BCUT2D eigenvalue weighted by Crippen LogP contribution is 2.26. The van der Waals surface area contributed by atoms with E-state index in [9.17, 15) is 4.39 Å². The van der Waals surface area contributed by atoms with Crippen LogP contribution in [0, 0.1) is 0 Å². The molecule has 5 heteroatoms. The molecule has 0 spiro atoms. The van der Waals surface area contributed by atoms with Crippen molar-refractivity contribution in [1.82, 2.24) is 9.97 Å². The second kappa shape index (κ2) is 16.7. The van der Waals surface area contributed by atoms with E-state index in [1.54, 1.807) is 6.92 Å². The molecule has 0 fully saturated rings. The second-order valence-electron chi connectivity index (χ2n) is 10.5. The molecule has 0 unspecified atom stereocenters. The standard InChI is InChI=1S/C34H45FN2O2/c1-4-6-8-9-10-11-12-14-24-38-31-21-17-29(18-22-31)33-36-25-30(26-37-33)28-15-19-32(20-16-28)39-27-34(3,35)23-13-7-5-2/h10-11,15-22,25-26H,4-9,12-14,23-24,27H2,1-3H3/b11-10-/t34-/m0/s1. The first-order chi connectivity index (χ1) is 19.0. The van der Waals surface area contributed by atoms with Gasteiger partial charge in [-0.15, -0.1) is 0 Å². The molecule has 4 nitrogen and oxygen atoms in total.